The fourth-order valence-electron chi connectivity index (χ4n) is 26.0. The zero-order valence-electron chi connectivity index (χ0n) is 55.5. The summed E-state index contributed by atoms with van der Waals surface area (Å²) >= 11 is 0. The standard InChI is InChI=1S/C17H26O3.C17H26O2.C15H24O2.C12H20O3.C12H20O2/c1-8(18)20-17(2,3)13-6-9-4-11(13)15-10-5-12(16(9)15)14(19)7-10;1-9(18)19-17(2,3)14-8-12-7-13(14)16-11-5-4-10(6-11)15(12)16;1-10(16)17-14(2,3)15-7-11-4-12(8-15)6-13(5-11)9-15;1-7(13)15-12(2,3)10-5-9-4-8(10)6-11(9)14;1-8(13)14-12(2,3)11-7-9-4-5-10(11)6-9/h9-16,19H,4-7H2,1-3H3;10-16H,4-8H2,1-3H3;11-13H,4-9H2,1-3H3;8-11,14H,4-6H2,1-3H3;9-11H,4-7H2,1-3H3. The van der Waals surface area contributed by atoms with Gasteiger partial charge in [0.25, 0.3) is 0 Å². The zero-order valence-corrected chi connectivity index (χ0v) is 55.5. The van der Waals surface area contributed by atoms with Gasteiger partial charge in [-0.2, -0.15) is 0 Å². The Morgan fingerprint density at radius 2 is 0.682 bits per heavy atom. The minimum absolute atomic E-state index is 0.0273. The highest BCUT2D eigenvalue weighted by atomic mass is 16.6. The first kappa shape index (κ1) is 63.8. The zero-order chi connectivity index (χ0) is 61.4. The molecule has 16 rings (SSSR count). The molecule has 0 aromatic carbocycles. The topological polar surface area (TPSA) is 172 Å². The largest absolute Gasteiger partial charge is 0.460 e. The third-order valence-electron chi connectivity index (χ3n) is 28.0. The number of fused-ring (bicyclic) bond motifs is 22. The van der Waals surface area contributed by atoms with Gasteiger partial charge in [-0.1, -0.05) is 6.42 Å². The van der Waals surface area contributed by atoms with Crippen molar-refractivity contribution in [1.82, 2.24) is 0 Å². The van der Waals surface area contributed by atoms with E-state index in [4.69, 9.17) is 23.7 Å². The number of carbonyl (C=O) groups excluding carboxylic acids is 5. The Morgan fingerprint density at radius 1 is 0.318 bits per heavy atom. The van der Waals surface area contributed by atoms with Crippen molar-refractivity contribution in [2.24, 2.45) is 142 Å². The summed E-state index contributed by atoms with van der Waals surface area (Å²) in [6.45, 7) is 28.5. The number of rotatable bonds is 10. The molecule has 0 amide bonds. The molecule has 16 fully saturated rings. The van der Waals surface area contributed by atoms with Crippen molar-refractivity contribution in [3.05, 3.63) is 0 Å². The summed E-state index contributed by atoms with van der Waals surface area (Å²) in [6, 6.07) is 0. The third kappa shape index (κ3) is 12.2. The van der Waals surface area contributed by atoms with Gasteiger partial charge in [-0.3, -0.25) is 24.0 Å². The fraction of sp³-hybridized carbons (Fsp3) is 0.932. The van der Waals surface area contributed by atoms with Crippen LogP contribution in [0.2, 0.25) is 0 Å². The molecule has 0 aliphatic heterocycles. The van der Waals surface area contributed by atoms with E-state index >= 15 is 0 Å². The van der Waals surface area contributed by atoms with E-state index in [1.807, 2.05) is 13.8 Å². The summed E-state index contributed by atoms with van der Waals surface area (Å²) in [5, 5.41) is 19.8. The molecule has 0 aromatic heterocycles. The maximum atomic E-state index is 11.4. The van der Waals surface area contributed by atoms with E-state index in [1.54, 1.807) is 13.8 Å². The van der Waals surface area contributed by atoms with E-state index in [1.165, 1.54) is 136 Å². The van der Waals surface area contributed by atoms with Crippen molar-refractivity contribution in [2.45, 2.75) is 285 Å². The molecule has 22 unspecified atom stereocenters. The number of ether oxygens (including phenoxy) is 5. The van der Waals surface area contributed by atoms with Crippen molar-refractivity contribution >= 4 is 29.8 Å². The van der Waals surface area contributed by atoms with Crippen LogP contribution in [0.1, 0.15) is 245 Å². The minimum atomic E-state index is -0.370. The smallest absolute Gasteiger partial charge is 0.303 e. The molecule has 12 nitrogen and oxygen atoms in total. The maximum absolute atomic E-state index is 11.4. The molecule has 16 saturated carbocycles. The molecule has 0 aromatic rings. The van der Waals surface area contributed by atoms with Crippen molar-refractivity contribution in [3.8, 4) is 0 Å². The average Bonchev–Trinajstić information content (AvgIpc) is 1.54. The highest BCUT2D eigenvalue weighted by molar-refractivity contribution is 5.68. The van der Waals surface area contributed by atoms with Gasteiger partial charge in [0.05, 0.1) is 12.2 Å². The molecule has 480 valence electrons. The highest BCUT2D eigenvalue weighted by Gasteiger charge is 2.68. The quantitative estimate of drug-likeness (QED) is 0.121. The van der Waals surface area contributed by atoms with Gasteiger partial charge < -0.3 is 33.9 Å². The van der Waals surface area contributed by atoms with Crippen LogP contribution >= 0.6 is 0 Å². The molecule has 12 heteroatoms. The number of hydrogen-bond acceptors (Lipinski definition) is 12. The number of aliphatic hydroxyl groups excluding tert-OH is 2. The summed E-state index contributed by atoms with van der Waals surface area (Å²) in [4.78, 5) is 56.1. The maximum Gasteiger partial charge on any atom is 0.303 e. The van der Waals surface area contributed by atoms with Crippen LogP contribution in [0.4, 0.5) is 0 Å². The normalized spacial score (nSPS) is 45.3. The number of hydrogen-bond donors (Lipinski definition) is 2. The van der Waals surface area contributed by atoms with Gasteiger partial charge >= 0.3 is 29.8 Å². The molecule has 2 N–H and O–H groups in total. The lowest BCUT2D eigenvalue weighted by atomic mass is 9.46. The molecule has 85 heavy (non-hydrogen) atoms. The molecular weight excluding hydrogens is 1070 g/mol. The molecule has 0 spiro atoms. The van der Waals surface area contributed by atoms with E-state index in [2.05, 4.69) is 55.4 Å². The van der Waals surface area contributed by atoms with Crippen molar-refractivity contribution < 1.29 is 57.9 Å². The van der Waals surface area contributed by atoms with Crippen molar-refractivity contribution in [2.75, 3.05) is 0 Å². The minimum Gasteiger partial charge on any atom is -0.460 e. The summed E-state index contributed by atoms with van der Waals surface area (Å²) in [5.74, 6) is 17.2. The van der Waals surface area contributed by atoms with Crippen LogP contribution in [-0.4, -0.2) is 80.3 Å². The Balaban J connectivity index is 0.000000111. The Kier molecular flexibility index (Phi) is 17.4. The van der Waals surface area contributed by atoms with Gasteiger partial charge in [0.15, 0.2) is 0 Å². The predicted octanol–water partition coefficient (Wildman–Crippen LogP) is 14.3. The lowest BCUT2D eigenvalue weighted by molar-refractivity contribution is -0.196. The molecule has 16 aliphatic rings. The monoisotopic (exact) mass is 1180 g/mol. The fourth-order valence-corrected chi connectivity index (χ4v) is 26.0. The Bertz CT molecular complexity index is 2450. The van der Waals surface area contributed by atoms with Gasteiger partial charge in [-0.25, -0.2) is 0 Å². The number of carbonyl (C=O) groups is 5. The first-order chi connectivity index (χ1) is 39.6. The first-order valence-electron chi connectivity index (χ1n) is 35.0. The average molecular weight is 1190 g/mol. The van der Waals surface area contributed by atoms with E-state index < -0.39 is 0 Å². The van der Waals surface area contributed by atoms with E-state index in [-0.39, 0.29) is 75.5 Å². The van der Waals surface area contributed by atoms with Gasteiger partial charge in [0.2, 0.25) is 0 Å². The van der Waals surface area contributed by atoms with Crippen LogP contribution in [0.3, 0.4) is 0 Å². The second-order valence-electron chi connectivity index (χ2n) is 34.9. The molecule has 16 aliphatic carbocycles. The molecule has 0 heterocycles. The van der Waals surface area contributed by atoms with Gasteiger partial charge in [0, 0.05) is 63.7 Å². The van der Waals surface area contributed by atoms with Gasteiger partial charge in [-0.05, 0) is 317 Å². The summed E-state index contributed by atoms with van der Waals surface area (Å²) in [6.07, 6.45) is 28.5. The Hall–Kier alpha value is -2.73. The molecule has 0 radical (unpaired) electrons. The van der Waals surface area contributed by atoms with Gasteiger partial charge in [-0.15, -0.1) is 0 Å². The van der Waals surface area contributed by atoms with Crippen LogP contribution in [-0.2, 0) is 47.7 Å². The second kappa shape index (κ2) is 23.2. The van der Waals surface area contributed by atoms with Crippen LogP contribution in [0.15, 0.2) is 0 Å². The van der Waals surface area contributed by atoms with E-state index in [9.17, 15) is 34.2 Å². The van der Waals surface area contributed by atoms with Crippen LogP contribution in [0.5, 0.6) is 0 Å². The lowest BCUT2D eigenvalue weighted by Gasteiger charge is -2.61. The summed E-state index contributed by atoms with van der Waals surface area (Å²) in [5.41, 5.74) is -1.17. The SMILES string of the molecule is CC(=O)OC(C)(C)C12CC3CC(CC(C3)C1)C2.CC(=O)OC(C)(C)C1CC2CC1C1C3CC(O)C(C3)C21.CC(=O)OC(C)(C)C1CC2CC1C1C3CCC(C3)C21.CC(=O)OC(C)(C)C1CC2CC1CC2O.CC(=O)OC(C)(C)C1CC2CCC1C2. The highest BCUT2D eigenvalue weighted by Crippen LogP contribution is 2.72. The van der Waals surface area contributed by atoms with E-state index in [0.717, 1.165) is 120 Å². The molecular formula is C73H116O12. The summed E-state index contributed by atoms with van der Waals surface area (Å²) in [7, 11) is 0. The van der Waals surface area contributed by atoms with E-state index in [0.29, 0.717) is 41.4 Å². The Morgan fingerprint density at radius 3 is 1.11 bits per heavy atom. The lowest BCUT2D eigenvalue weighted by Crippen LogP contribution is -2.57. The third-order valence-corrected chi connectivity index (χ3v) is 28.0. The van der Waals surface area contributed by atoms with Crippen LogP contribution in [0.25, 0.3) is 0 Å². The second-order valence-corrected chi connectivity index (χ2v) is 34.9. The molecule has 16 bridgehead atoms. The number of aliphatic hydroxyl groups is 2. The van der Waals surface area contributed by atoms with Crippen molar-refractivity contribution in [1.29, 1.82) is 0 Å². The van der Waals surface area contributed by atoms with Crippen molar-refractivity contribution in [3.63, 3.8) is 0 Å². The Labute approximate surface area is 512 Å². The predicted molar refractivity (Wildman–Crippen MR) is 326 cm³/mol. The molecule has 22 atom stereocenters. The van der Waals surface area contributed by atoms with Crippen LogP contribution in [0, 0.1) is 142 Å². The van der Waals surface area contributed by atoms with Gasteiger partial charge in [0.1, 0.15) is 28.0 Å². The first-order valence-corrected chi connectivity index (χ1v) is 35.0. The number of esters is 5. The summed E-state index contributed by atoms with van der Waals surface area (Å²) < 4.78 is 27.8. The molecule has 0 saturated heterocycles. The van der Waals surface area contributed by atoms with Crippen LogP contribution < -0.4 is 0 Å².